The maximum absolute atomic E-state index is 12.2. The van der Waals surface area contributed by atoms with Crippen LogP contribution in [0.1, 0.15) is 15.9 Å². The molecule has 6 heteroatoms. The predicted octanol–water partition coefficient (Wildman–Crippen LogP) is 4.06. The number of halogens is 2. The SMILES string of the molecule is O=C(NCc1cnn(-c2ccc(Cl)cc2)c1)c1ccccc1I. The number of carbonyl (C=O) groups is 1. The van der Waals surface area contributed by atoms with Crippen LogP contribution in [0.5, 0.6) is 0 Å². The normalized spacial score (nSPS) is 10.5. The molecule has 1 aromatic heterocycles. The van der Waals surface area contributed by atoms with Gasteiger partial charge >= 0.3 is 0 Å². The van der Waals surface area contributed by atoms with E-state index in [0.717, 1.165) is 14.8 Å². The molecule has 0 fully saturated rings. The summed E-state index contributed by atoms with van der Waals surface area (Å²) in [7, 11) is 0. The fraction of sp³-hybridized carbons (Fsp3) is 0.0588. The molecule has 0 saturated heterocycles. The second kappa shape index (κ2) is 7.14. The summed E-state index contributed by atoms with van der Waals surface area (Å²) in [6.45, 7) is 0.428. The van der Waals surface area contributed by atoms with Crippen LogP contribution in [0.15, 0.2) is 60.9 Å². The van der Waals surface area contributed by atoms with Gasteiger partial charge in [0.2, 0.25) is 0 Å². The average Bonchev–Trinajstić information content (AvgIpc) is 3.03. The quantitative estimate of drug-likeness (QED) is 0.626. The zero-order valence-corrected chi connectivity index (χ0v) is 15.0. The molecule has 116 valence electrons. The first kappa shape index (κ1) is 16.0. The first-order valence-corrected chi connectivity index (χ1v) is 8.41. The molecule has 2 aromatic carbocycles. The van der Waals surface area contributed by atoms with Crippen molar-refractivity contribution in [3.63, 3.8) is 0 Å². The minimum atomic E-state index is -0.0887. The van der Waals surface area contributed by atoms with E-state index >= 15 is 0 Å². The number of hydrogen-bond acceptors (Lipinski definition) is 2. The van der Waals surface area contributed by atoms with Crippen molar-refractivity contribution in [3.8, 4) is 5.69 Å². The van der Waals surface area contributed by atoms with Crippen molar-refractivity contribution in [1.29, 1.82) is 0 Å². The van der Waals surface area contributed by atoms with E-state index in [9.17, 15) is 4.79 Å². The summed E-state index contributed by atoms with van der Waals surface area (Å²) < 4.78 is 2.68. The standard InChI is InChI=1S/C17H13ClIN3O/c18-13-5-7-14(8-6-13)22-11-12(10-21-22)9-20-17(23)15-3-1-2-4-16(15)19/h1-8,10-11H,9H2,(H,20,23). The molecule has 0 saturated carbocycles. The number of nitrogens with one attached hydrogen (secondary N) is 1. The van der Waals surface area contributed by atoms with Gasteiger partial charge in [0, 0.05) is 26.9 Å². The summed E-state index contributed by atoms with van der Waals surface area (Å²) in [5.41, 5.74) is 2.53. The van der Waals surface area contributed by atoms with Crippen molar-refractivity contribution >= 4 is 40.1 Å². The number of aromatic nitrogens is 2. The highest BCUT2D eigenvalue weighted by atomic mass is 127. The molecule has 4 nitrogen and oxygen atoms in total. The van der Waals surface area contributed by atoms with Gasteiger partial charge in [0.25, 0.3) is 5.91 Å². The smallest absolute Gasteiger partial charge is 0.252 e. The molecule has 0 radical (unpaired) electrons. The van der Waals surface area contributed by atoms with E-state index in [0.29, 0.717) is 17.1 Å². The highest BCUT2D eigenvalue weighted by Crippen LogP contribution is 2.14. The maximum Gasteiger partial charge on any atom is 0.252 e. The number of nitrogens with zero attached hydrogens (tertiary/aromatic N) is 2. The lowest BCUT2D eigenvalue weighted by atomic mass is 10.2. The van der Waals surface area contributed by atoms with Gasteiger partial charge in [0.05, 0.1) is 17.4 Å². The minimum absolute atomic E-state index is 0.0887. The Hall–Kier alpha value is -1.86. The van der Waals surface area contributed by atoms with Crippen molar-refractivity contribution in [2.45, 2.75) is 6.54 Å². The number of rotatable bonds is 4. The van der Waals surface area contributed by atoms with E-state index in [1.165, 1.54) is 0 Å². The molecule has 1 N–H and O–H groups in total. The fourth-order valence-corrected chi connectivity index (χ4v) is 2.87. The van der Waals surface area contributed by atoms with Gasteiger partial charge in [-0.1, -0.05) is 23.7 Å². The molecule has 0 aliphatic carbocycles. The zero-order valence-electron chi connectivity index (χ0n) is 12.0. The van der Waals surface area contributed by atoms with Gasteiger partial charge in [-0.2, -0.15) is 5.10 Å². The number of benzene rings is 2. The third-order valence-electron chi connectivity index (χ3n) is 3.30. The molecular weight excluding hydrogens is 425 g/mol. The topological polar surface area (TPSA) is 46.9 Å². The third kappa shape index (κ3) is 3.92. The van der Waals surface area contributed by atoms with Gasteiger partial charge in [0.15, 0.2) is 0 Å². The molecule has 3 rings (SSSR count). The van der Waals surface area contributed by atoms with E-state index in [2.05, 4.69) is 33.0 Å². The third-order valence-corrected chi connectivity index (χ3v) is 4.49. The Balaban J connectivity index is 1.67. The summed E-state index contributed by atoms with van der Waals surface area (Å²) in [6.07, 6.45) is 3.63. The van der Waals surface area contributed by atoms with Gasteiger partial charge in [-0.15, -0.1) is 0 Å². The Morgan fingerprint density at radius 3 is 2.65 bits per heavy atom. The van der Waals surface area contributed by atoms with E-state index in [1.807, 2.05) is 54.7 Å². The van der Waals surface area contributed by atoms with Crippen molar-refractivity contribution in [2.75, 3.05) is 0 Å². The van der Waals surface area contributed by atoms with Crippen LogP contribution in [-0.4, -0.2) is 15.7 Å². The summed E-state index contributed by atoms with van der Waals surface area (Å²) >= 11 is 8.04. The van der Waals surface area contributed by atoms with Crippen LogP contribution < -0.4 is 5.32 Å². The molecule has 0 spiro atoms. The summed E-state index contributed by atoms with van der Waals surface area (Å²) in [4.78, 5) is 12.2. The lowest BCUT2D eigenvalue weighted by Gasteiger charge is -2.05. The van der Waals surface area contributed by atoms with Crippen LogP contribution in [0.2, 0.25) is 5.02 Å². The number of amides is 1. The Kier molecular flexibility index (Phi) is 4.97. The fourth-order valence-electron chi connectivity index (χ4n) is 2.11. The highest BCUT2D eigenvalue weighted by Gasteiger charge is 2.09. The van der Waals surface area contributed by atoms with Gasteiger partial charge in [-0.3, -0.25) is 4.79 Å². The minimum Gasteiger partial charge on any atom is -0.348 e. The monoisotopic (exact) mass is 437 g/mol. The van der Waals surface area contributed by atoms with Gasteiger partial charge in [0.1, 0.15) is 0 Å². The Morgan fingerprint density at radius 2 is 1.91 bits per heavy atom. The van der Waals surface area contributed by atoms with Crippen LogP contribution in [0.4, 0.5) is 0 Å². The second-order valence-electron chi connectivity index (χ2n) is 4.93. The van der Waals surface area contributed by atoms with E-state index < -0.39 is 0 Å². The van der Waals surface area contributed by atoms with Crippen molar-refractivity contribution in [1.82, 2.24) is 15.1 Å². The van der Waals surface area contributed by atoms with Crippen LogP contribution >= 0.6 is 34.2 Å². The second-order valence-corrected chi connectivity index (χ2v) is 6.53. The Labute approximate surface area is 152 Å². The van der Waals surface area contributed by atoms with E-state index in [1.54, 1.807) is 10.9 Å². The van der Waals surface area contributed by atoms with E-state index in [4.69, 9.17) is 11.6 Å². The molecule has 0 aliphatic heterocycles. The van der Waals surface area contributed by atoms with Crippen LogP contribution in [0.25, 0.3) is 5.69 Å². The number of carbonyl (C=O) groups excluding carboxylic acids is 1. The molecule has 0 atom stereocenters. The summed E-state index contributed by atoms with van der Waals surface area (Å²) in [5, 5.41) is 7.90. The lowest BCUT2D eigenvalue weighted by molar-refractivity contribution is 0.0950. The zero-order chi connectivity index (χ0) is 16.2. The largest absolute Gasteiger partial charge is 0.348 e. The average molecular weight is 438 g/mol. The molecule has 0 unspecified atom stereocenters. The lowest BCUT2D eigenvalue weighted by Crippen LogP contribution is -2.23. The van der Waals surface area contributed by atoms with Crippen LogP contribution in [0.3, 0.4) is 0 Å². The number of hydrogen-bond donors (Lipinski definition) is 1. The molecule has 0 bridgehead atoms. The summed E-state index contributed by atoms with van der Waals surface area (Å²) in [5.74, 6) is -0.0887. The molecule has 3 aromatic rings. The van der Waals surface area contributed by atoms with Crippen molar-refractivity contribution < 1.29 is 4.79 Å². The van der Waals surface area contributed by atoms with Gasteiger partial charge < -0.3 is 5.32 Å². The van der Waals surface area contributed by atoms with Crippen molar-refractivity contribution in [2.24, 2.45) is 0 Å². The molecule has 1 heterocycles. The van der Waals surface area contributed by atoms with Gasteiger partial charge in [-0.25, -0.2) is 4.68 Å². The summed E-state index contributed by atoms with van der Waals surface area (Å²) in [6, 6.07) is 14.9. The predicted molar refractivity (Wildman–Crippen MR) is 98.9 cm³/mol. The van der Waals surface area contributed by atoms with Gasteiger partial charge in [-0.05, 0) is 59.0 Å². The molecule has 1 amide bonds. The first-order chi connectivity index (χ1) is 11.1. The van der Waals surface area contributed by atoms with Crippen LogP contribution in [0, 0.1) is 3.57 Å². The van der Waals surface area contributed by atoms with Crippen molar-refractivity contribution in [3.05, 3.63) is 80.6 Å². The van der Waals surface area contributed by atoms with E-state index in [-0.39, 0.29) is 5.91 Å². The highest BCUT2D eigenvalue weighted by molar-refractivity contribution is 14.1. The molecular formula is C17H13ClIN3O. The molecule has 0 aliphatic rings. The Bertz CT molecular complexity index is 830. The van der Waals surface area contributed by atoms with Crippen LogP contribution in [-0.2, 0) is 6.54 Å². The molecule has 23 heavy (non-hydrogen) atoms. The maximum atomic E-state index is 12.2. The first-order valence-electron chi connectivity index (χ1n) is 6.96. The Morgan fingerprint density at radius 1 is 1.17 bits per heavy atom.